The summed E-state index contributed by atoms with van der Waals surface area (Å²) in [6.45, 7) is 7.43. The maximum atomic E-state index is 12.9. The Kier molecular flexibility index (Phi) is 6.33. The standard InChI is InChI=1S/C18H22ClN3O.ClH/c1-13-11-17(18(23)21-9-4-7-20-8-10-21)14(2)22(13)16-6-3-5-15(19)12-16;/h3,5-6,11-12,20H,4,7-10H2,1-2H3;1H. The Morgan fingerprint density at radius 1 is 1.17 bits per heavy atom. The number of carbonyl (C=O) groups excluding carboxylic acids is 1. The number of nitrogens with zero attached hydrogens (tertiary/aromatic N) is 2. The molecule has 2 aromatic rings. The van der Waals surface area contributed by atoms with Crippen LogP contribution in [0.15, 0.2) is 30.3 Å². The first kappa shape index (κ1) is 18.8. The molecule has 1 saturated heterocycles. The van der Waals surface area contributed by atoms with Crippen LogP contribution in [0.2, 0.25) is 5.02 Å². The fourth-order valence-electron chi connectivity index (χ4n) is 3.21. The summed E-state index contributed by atoms with van der Waals surface area (Å²) in [5, 5.41) is 4.03. The van der Waals surface area contributed by atoms with E-state index in [1.54, 1.807) is 0 Å². The highest BCUT2D eigenvalue weighted by Gasteiger charge is 2.22. The van der Waals surface area contributed by atoms with Crippen molar-refractivity contribution in [2.75, 3.05) is 26.2 Å². The fraction of sp³-hybridized carbons (Fsp3) is 0.389. The summed E-state index contributed by atoms with van der Waals surface area (Å²) in [5.74, 6) is 0.120. The molecule has 0 saturated carbocycles. The molecule has 3 rings (SSSR count). The van der Waals surface area contributed by atoms with Crippen LogP contribution in [-0.2, 0) is 0 Å². The van der Waals surface area contributed by atoms with Gasteiger partial charge in [-0.1, -0.05) is 17.7 Å². The molecule has 130 valence electrons. The Morgan fingerprint density at radius 2 is 1.96 bits per heavy atom. The van der Waals surface area contributed by atoms with Crippen LogP contribution in [0.5, 0.6) is 0 Å². The van der Waals surface area contributed by atoms with Crippen molar-refractivity contribution in [1.82, 2.24) is 14.8 Å². The lowest BCUT2D eigenvalue weighted by Gasteiger charge is -2.20. The topological polar surface area (TPSA) is 37.3 Å². The summed E-state index contributed by atoms with van der Waals surface area (Å²) in [4.78, 5) is 14.8. The van der Waals surface area contributed by atoms with Gasteiger partial charge in [0.25, 0.3) is 5.91 Å². The molecule has 0 spiro atoms. The van der Waals surface area contributed by atoms with Gasteiger partial charge in [-0.05, 0) is 51.1 Å². The summed E-state index contributed by atoms with van der Waals surface area (Å²) in [6.07, 6.45) is 0.999. The van der Waals surface area contributed by atoms with Crippen molar-refractivity contribution in [3.63, 3.8) is 0 Å². The summed E-state index contributed by atoms with van der Waals surface area (Å²) < 4.78 is 2.09. The highest BCUT2D eigenvalue weighted by atomic mass is 35.5. The molecule has 4 nitrogen and oxygen atoms in total. The quantitative estimate of drug-likeness (QED) is 0.880. The molecule has 1 aliphatic heterocycles. The van der Waals surface area contributed by atoms with Crippen LogP contribution < -0.4 is 5.32 Å². The second-order valence-corrected chi connectivity index (χ2v) is 6.43. The van der Waals surface area contributed by atoms with E-state index in [1.165, 1.54) is 0 Å². The lowest BCUT2D eigenvalue weighted by Crippen LogP contribution is -2.34. The van der Waals surface area contributed by atoms with E-state index < -0.39 is 0 Å². The van der Waals surface area contributed by atoms with E-state index in [2.05, 4.69) is 9.88 Å². The van der Waals surface area contributed by atoms with E-state index in [9.17, 15) is 4.79 Å². The predicted molar refractivity (Wildman–Crippen MR) is 101 cm³/mol. The van der Waals surface area contributed by atoms with Gasteiger partial charge in [0.2, 0.25) is 0 Å². The number of carbonyl (C=O) groups is 1. The van der Waals surface area contributed by atoms with Gasteiger partial charge in [-0.25, -0.2) is 0 Å². The van der Waals surface area contributed by atoms with Crippen LogP contribution >= 0.6 is 24.0 Å². The van der Waals surface area contributed by atoms with Crippen LogP contribution in [0.4, 0.5) is 0 Å². The summed E-state index contributed by atoms with van der Waals surface area (Å²) in [6, 6.07) is 9.70. The van der Waals surface area contributed by atoms with Gasteiger partial charge in [-0.15, -0.1) is 12.4 Å². The second kappa shape index (κ2) is 8.06. The first-order valence-corrected chi connectivity index (χ1v) is 8.40. The molecule has 6 heteroatoms. The molecule has 0 bridgehead atoms. The predicted octanol–water partition coefficient (Wildman–Crippen LogP) is 3.60. The molecule has 0 radical (unpaired) electrons. The molecule has 24 heavy (non-hydrogen) atoms. The monoisotopic (exact) mass is 367 g/mol. The van der Waals surface area contributed by atoms with Crippen molar-refractivity contribution >= 4 is 29.9 Å². The lowest BCUT2D eigenvalue weighted by atomic mass is 10.2. The Balaban J connectivity index is 0.00000208. The van der Waals surface area contributed by atoms with E-state index in [1.807, 2.05) is 49.1 Å². The van der Waals surface area contributed by atoms with Crippen molar-refractivity contribution in [3.8, 4) is 5.69 Å². The third-order valence-electron chi connectivity index (χ3n) is 4.36. The van der Waals surface area contributed by atoms with Gasteiger partial charge < -0.3 is 14.8 Å². The second-order valence-electron chi connectivity index (χ2n) is 6.00. The van der Waals surface area contributed by atoms with Gasteiger partial charge >= 0.3 is 0 Å². The average molecular weight is 368 g/mol. The zero-order chi connectivity index (χ0) is 16.4. The first-order valence-electron chi connectivity index (χ1n) is 8.03. The molecule has 0 aliphatic carbocycles. The van der Waals surface area contributed by atoms with E-state index in [-0.39, 0.29) is 18.3 Å². The number of aryl methyl sites for hydroxylation is 1. The van der Waals surface area contributed by atoms with Gasteiger partial charge in [0.15, 0.2) is 0 Å². The average Bonchev–Trinajstić information content (AvgIpc) is 2.72. The minimum atomic E-state index is 0. The summed E-state index contributed by atoms with van der Waals surface area (Å²) >= 11 is 6.11. The largest absolute Gasteiger partial charge is 0.337 e. The summed E-state index contributed by atoms with van der Waals surface area (Å²) in [7, 11) is 0. The van der Waals surface area contributed by atoms with Crippen molar-refractivity contribution < 1.29 is 4.79 Å². The van der Waals surface area contributed by atoms with Crippen LogP contribution in [0.3, 0.4) is 0 Å². The van der Waals surface area contributed by atoms with Crippen molar-refractivity contribution in [2.45, 2.75) is 20.3 Å². The van der Waals surface area contributed by atoms with Crippen molar-refractivity contribution in [1.29, 1.82) is 0 Å². The van der Waals surface area contributed by atoms with Crippen molar-refractivity contribution in [3.05, 3.63) is 52.3 Å². The van der Waals surface area contributed by atoms with Crippen LogP contribution in [0.1, 0.15) is 28.2 Å². The van der Waals surface area contributed by atoms with Crippen molar-refractivity contribution in [2.24, 2.45) is 0 Å². The lowest BCUT2D eigenvalue weighted by molar-refractivity contribution is 0.0765. The van der Waals surface area contributed by atoms with Crippen LogP contribution in [-0.4, -0.2) is 41.6 Å². The molecule has 1 aromatic carbocycles. The number of hydrogen-bond donors (Lipinski definition) is 1. The molecule has 1 N–H and O–H groups in total. The van der Waals surface area contributed by atoms with E-state index >= 15 is 0 Å². The highest BCUT2D eigenvalue weighted by molar-refractivity contribution is 6.30. The van der Waals surface area contributed by atoms with Gasteiger partial charge in [-0.2, -0.15) is 0 Å². The number of aromatic nitrogens is 1. The maximum Gasteiger partial charge on any atom is 0.255 e. The maximum absolute atomic E-state index is 12.9. The third kappa shape index (κ3) is 3.77. The molecule has 1 fully saturated rings. The first-order chi connectivity index (χ1) is 11.1. The third-order valence-corrected chi connectivity index (χ3v) is 4.59. The SMILES string of the molecule is Cc1cc(C(=O)N2CCCNCC2)c(C)n1-c1cccc(Cl)c1.Cl. The highest BCUT2D eigenvalue weighted by Crippen LogP contribution is 2.24. The Bertz CT molecular complexity index is 719. The zero-order valence-corrected chi connectivity index (χ0v) is 15.6. The van der Waals surface area contributed by atoms with Crippen LogP contribution in [0.25, 0.3) is 5.69 Å². The van der Waals surface area contributed by atoms with Gasteiger partial charge in [0.1, 0.15) is 0 Å². The minimum absolute atomic E-state index is 0. The van der Waals surface area contributed by atoms with E-state index in [0.717, 1.165) is 55.2 Å². The molecular weight excluding hydrogens is 345 g/mol. The molecule has 1 amide bonds. The molecule has 1 aliphatic rings. The number of rotatable bonds is 2. The Morgan fingerprint density at radius 3 is 2.71 bits per heavy atom. The molecular formula is C18H23Cl2N3O. The smallest absolute Gasteiger partial charge is 0.255 e. The van der Waals surface area contributed by atoms with Gasteiger partial charge in [-0.3, -0.25) is 4.79 Å². The molecule has 0 unspecified atom stereocenters. The van der Waals surface area contributed by atoms with E-state index in [0.29, 0.717) is 5.02 Å². The minimum Gasteiger partial charge on any atom is -0.337 e. The Hall–Kier alpha value is -1.49. The number of hydrogen-bond acceptors (Lipinski definition) is 2. The molecule has 2 heterocycles. The summed E-state index contributed by atoms with van der Waals surface area (Å²) in [5.41, 5.74) is 3.78. The normalized spacial score (nSPS) is 14.9. The molecule has 1 aromatic heterocycles. The zero-order valence-electron chi connectivity index (χ0n) is 14.0. The molecule has 0 atom stereocenters. The number of nitrogens with one attached hydrogen (secondary N) is 1. The number of amides is 1. The fourth-order valence-corrected chi connectivity index (χ4v) is 3.40. The number of benzene rings is 1. The van der Waals surface area contributed by atoms with Gasteiger partial charge in [0, 0.05) is 41.7 Å². The Labute approximate surface area is 154 Å². The van der Waals surface area contributed by atoms with Gasteiger partial charge in [0.05, 0.1) is 5.56 Å². The van der Waals surface area contributed by atoms with E-state index in [4.69, 9.17) is 11.6 Å². The van der Waals surface area contributed by atoms with Crippen LogP contribution in [0, 0.1) is 13.8 Å². The number of halogens is 2.